The standard InChI is InChI=1S/C25H30N2O3/c28-24(26-16-8-1-2-9-17-26)20-14-18-27(19-15-20)25(29)22-12-6-7-13-23(22)30-21-10-4-3-5-11-21/h3-7,10-13,20H,1-2,8-9,14-19H2. The molecule has 0 aliphatic carbocycles. The third kappa shape index (κ3) is 4.84. The molecule has 2 aliphatic heterocycles. The van der Waals surface area contributed by atoms with E-state index in [0.29, 0.717) is 30.2 Å². The van der Waals surface area contributed by atoms with Gasteiger partial charge in [-0.2, -0.15) is 0 Å². The molecule has 5 nitrogen and oxygen atoms in total. The van der Waals surface area contributed by atoms with E-state index in [1.807, 2.05) is 59.5 Å². The Morgan fingerprint density at radius 2 is 1.37 bits per heavy atom. The van der Waals surface area contributed by atoms with Gasteiger partial charge in [-0.15, -0.1) is 0 Å². The minimum Gasteiger partial charge on any atom is -0.457 e. The molecule has 0 unspecified atom stereocenters. The molecule has 4 rings (SSSR count). The number of carbonyl (C=O) groups excluding carboxylic acids is 2. The van der Waals surface area contributed by atoms with Crippen LogP contribution in [0, 0.1) is 5.92 Å². The second-order valence-corrected chi connectivity index (χ2v) is 8.22. The van der Waals surface area contributed by atoms with Gasteiger partial charge in [0.25, 0.3) is 5.91 Å². The number of nitrogens with zero attached hydrogens (tertiary/aromatic N) is 2. The third-order valence-electron chi connectivity index (χ3n) is 6.14. The van der Waals surface area contributed by atoms with Crippen molar-refractivity contribution in [1.82, 2.24) is 9.80 Å². The SMILES string of the molecule is O=C(c1ccccc1Oc1ccccc1)N1CCC(C(=O)N2CCCCCC2)CC1. The molecular weight excluding hydrogens is 376 g/mol. The predicted octanol–water partition coefficient (Wildman–Crippen LogP) is 4.73. The highest BCUT2D eigenvalue weighted by atomic mass is 16.5. The molecule has 2 heterocycles. The average Bonchev–Trinajstić information content (AvgIpc) is 3.09. The van der Waals surface area contributed by atoms with E-state index >= 15 is 0 Å². The number of para-hydroxylation sites is 2. The van der Waals surface area contributed by atoms with Crippen LogP contribution >= 0.6 is 0 Å². The lowest BCUT2D eigenvalue weighted by molar-refractivity contribution is -0.136. The number of rotatable bonds is 4. The van der Waals surface area contributed by atoms with Gasteiger partial charge >= 0.3 is 0 Å². The van der Waals surface area contributed by atoms with Gasteiger partial charge in [-0.3, -0.25) is 9.59 Å². The number of hydrogen-bond acceptors (Lipinski definition) is 3. The van der Waals surface area contributed by atoms with Gasteiger partial charge in [0.15, 0.2) is 0 Å². The number of hydrogen-bond donors (Lipinski definition) is 0. The van der Waals surface area contributed by atoms with Crippen molar-refractivity contribution in [2.75, 3.05) is 26.2 Å². The highest BCUT2D eigenvalue weighted by Gasteiger charge is 2.31. The molecule has 2 aliphatic rings. The average molecular weight is 407 g/mol. The molecule has 2 aromatic rings. The Labute approximate surface area is 178 Å². The molecule has 0 bridgehead atoms. The van der Waals surface area contributed by atoms with Gasteiger partial charge in [0.1, 0.15) is 11.5 Å². The molecule has 30 heavy (non-hydrogen) atoms. The minimum atomic E-state index is -0.0257. The second-order valence-electron chi connectivity index (χ2n) is 8.22. The molecule has 0 saturated carbocycles. The molecule has 158 valence electrons. The topological polar surface area (TPSA) is 49.9 Å². The minimum absolute atomic E-state index is 0.0257. The summed E-state index contributed by atoms with van der Waals surface area (Å²) in [6.07, 6.45) is 6.15. The normalized spacial score (nSPS) is 18.0. The maximum atomic E-state index is 13.2. The highest BCUT2D eigenvalue weighted by molar-refractivity contribution is 5.97. The predicted molar refractivity (Wildman–Crippen MR) is 117 cm³/mol. The zero-order chi connectivity index (χ0) is 20.8. The molecule has 5 heteroatoms. The number of amides is 2. The van der Waals surface area contributed by atoms with Crippen molar-refractivity contribution in [2.45, 2.75) is 38.5 Å². The first kappa shape index (κ1) is 20.5. The summed E-state index contributed by atoms with van der Waals surface area (Å²) in [5.74, 6) is 1.58. The fraction of sp³-hybridized carbons (Fsp3) is 0.440. The first-order valence-electron chi connectivity index (χ1n) is 11.1. The summed E-state index contributed by atoms with van der Waals surface area (Å²) < 4.78 is 5.96. The largest absolute Gasteiger partial charge is 0.457 e. The van der Waals surface area contributed by atoms with Crippen LogP contribution in [-0.2, 0) is 4.79 Å². The number of benzene rings is 2. The first-order chi connectivity index (χ1) is 14.7. The quantitative estimate of drug-likeness (QED) is 0.737. The summed E-state index contributed by atoms with van der Waals surface area (Å²) >= 11 is 0. The molecule has 2 aromatic carbocycles. The molecule has 0 atom stereocenters. The van der Waals surface area contributed by atoms with Crippen LogP contribution in [0.15, 0.2) is 54.6 Å². The summed E-state index contributed by atoms with van der Waals surface area (Å²) in [5, 5.41) is 0. The monoisotopic (exact) mass is 406 g/mol. The zero-order valence-electron chi connectivity index (χ0n) is 17.5. The van der Waals surface area contributed by atoms with Gasteiger partial charge in [-0.25, -0.2) is 0 Å². The Morgan fingerprint density at radius 3 is 2.07 bits per heavy atom. The van der Waals surface area contributed by atoms with Crippen molar-refractivity contribution >= 4 is 11.8 Å². The Kier molecular flexibility index (Phi) is 6.67. The van der Waals surface area contributed by atoms with E-state index < -0.39 is 0 Å². The third-order valence-corrected chi connectivity index (χ3v) is 6.14. The highest BCUT2D eigenvalue weighted by Crippen LogP contribution is 2.28. The fourth-order valence-electron chi connectivity index (χ4n) is 4.40. The van der Waals surface area contributed by atoms with E-state index in [4.69, 9.17) is 4.74 Å². The Bertz CT molecular complexity index is 852. The van der Waals surface area contributed by atoms with Crippen LogP contribution in [0.3, 0.4) is 0 Å². The smallest absolute Gasteiger partial charge is 0.257 e. The Hall–Kier alpha value is -2.82. The van der Waals surface area contributed by atoms with Crippen LogP contribution in [0.4, 0.5) is 0 Å². The molecule has 0 N–H and O–H groups in total. The van der Waals surface area contributed by atoms with E-state index in [1.165, 1.54) is 12.8 Å². The van der Waals surface area contributed by atoms with Crippen LogP contribution in [0.1, 0.15) is 48.9 Å². The van der Waals surface area contributed by atoms with Gasteiger partial charge in [0.05, 0.1) is 5.56 Å². The second kappa shape index (κ2) is 9.79. The lowest BCUT2D eigenvalue weighted by atomic mass is 9.94. The maximum absolute atomic E-state index is 13.2. The van der Waals surface area contributed by atoms with Gasteiger partial charge in [-0.1, -0.05) is 43.2 Å². The number of carbonyl (C=O) groups is 2. The van der Waals surface area contributed by atoms with E-state index in [1.54, 1.807) is 0 Å². The molecular formula is C25H30N2O3. The first-order valence-corrected chi connectivity index (χ1v) is 11.1. The zero-order valence-corrected chi connectivity index (χ0v) is 17.5. The number of ether oxygens (including phenoxy) is 1. The molecule has 2 amide bonds. The van der Waals surface area contributed by atoms with Crippen LogP contribution in [0.2, 0.25) is 0 Å². The molecule has 2 fully saturated rings. The number of piperidine rings is 1. The van der Waals surface area contributed by atoms with Crippen molar-refractivity contribution < 1.29 is 14.3 Å². The summed E-state index contributed by atoms with van der Waals surface area (Å²) in [6, 6.07) is 16.9. The number of likely N-dealkylation sites (tertiary alicyclic amines) is 2. The van der Waals surface area contributed by atoms with Gasteiger partial charge in [-0.05, 0) is 49.9 Å². The van der Waals surface area contributed by atoms with Crippen LogP contribution in [0.5, 0.6) is 11.5 Å². The lowest BCUT2D eigenvalue weighted by Gasteiger charge is -2.34. The van der Waals surface area contributed by atoms with Gasteiger partial charge < -0.3 is 14.5 Å². The van der Waals surface area contributed by atoms with E-state index in [-0.39, 0.29) is 17.7 Å². The van der Waals surface area contributed by atoms with E-state index in [9.17, 15) is 9.59 Å². The molecule has 2 saturated heterocycles. The summed E-state index contributed by atoms with van der Waals surface area (Å²) in [7, 11) is 0. The summed E-state index contributed by atoms with van der Waals surface area (Å²) in [6.45, 7) is 3.01. The summed E-state index contributed by atoms with van der Waals surface area (Å²) in [5.41, 5.74) is 0.568. The van der Waals surface area contributed by atoms with Crippen molar-refractivity contribution in [3.8, 4) is 11.5 Å². The summed E-state index contributed by atoms with van der Waals surface area (Å²) in [4.78, 5) is 30.0. The van der Waals surface area contributed by atoms with Crippen molar-refractivity contribution in [2.24, 2.45) is 5.92 Å². The van der Waals surface area contributed by atoms with E-state index in [2.05, 4.69) is 4.90 Å². The Balaban J connectivity index is 1.38. The maximum Gasteiger partial charge on any atom is 0.257 e. The van der Waals surface area contributed by atoms with Gasteiger partial charge in [0, 0.05) is 32.1 Å². The van der Waals surface area contributed by atoms with Crippen molar-refractivity contribution in [3.63, 3.8) is 0 Å². The molecule has 0 radical (unpaired) electrons. The lowest BCUT2D eigenvalue weighted by Crippen LogP contribution is -2.44. The van der Waals surface area contributed by atoms with E-state index in [0.717, 1.165) is 38.8 Å². The van der Waals surface area contributed by atoms with Crippen molar-refractivity contribution in [1.29, 1.82) is 0 Å². The van der Waals surface area contributed by atoms with Crippen LogP contribution < -0.4 is 4.74 Å². The van der Waals surface area contributed by atoms with Gasteiger partial charge in [0.2, 0.25) is 5.91 Å². The Morgan fingerprint density at radius 1 is 0.733 bits per heavy atom. The van der Waals surface area contributed by atoms with Crippen LogP contribution in [-0.4, -0.2) is 47.8 Å². The molecule has 0 aromatic heterocycles. The fourth-order valence-corrected chi connectivity index (χ4v) is 4.40. The van der Waals surface area contributed by atoms with Crippen molar-refractivity contribution in [3.05, 3.63) is 60.2 Å². The molecule has 0 spiro atoms. The van der Waals surface area contributed by atoms with Crippen LogP contribution in [0.25, 0.3) is 0 Å².